The highest BCUT2D eigenvalue weighted by Crippen LogP contribution is 2.19. The number of anilines is 1. The summed E-state index contributed by atoms with van der Waals surface area (Å²) in [5, 5.41) is 4.42. The number of amides is 2. The van der Waals surface area contributed by atoms with Gasteiger partial charge in [-0.3, -0.25) is 9.59 Å². The van der Waals surface area contributed by atoms with Crippen LogP contribution >= 0.6 is 0 Å². The van der Waals surface area contributed by atoms with Gasteiger partial charge in [-0.15, -0.1) is 0 Å². The van der Waals surface area contributed by atoms with Crippen LogP contribution < -0.4 is 10.6 Å². The van der Waals surface area contributed by atoms with E-state index in [-0.39, 0.29) is 24.3 Å². The van der Waals surface area contributed by atoms with Gasteiger partial charge >= 0.3 is 0 Å². The molecule has 0 aliphatic carbocycles. The fourth-order valence-electron chi connectivity index (χ4n) is 1.54. The maximum absolute atomic E-state index is 13.3. The third-order valence-electron chi connectivity index (χ3n) is 2.45. The van der Waals surface area contributed by atoms with Crippen molar-refractivity contribution in [2.75, 3.05) is 11.9 Å². The molecule has 0 spiro atoms. The smallest absolute Gasteiger partial charge is 0.243 e. The van der Waals surface area contributed by atoms with Gasteiger partial charge < -0.3 is 10.6 Å². The number of benzene rings is 1. The highest BCUT2D eigenvalue weighted by atomic mass is 19.2. The van der Waals surface area contributed by atoms with Gasteiger partial charge in [-0.2, -0.15) is 0 Å². The van der Waals surface area contributed by atoms with E-state index in [1.165, 1.54) is 0 Å². The highest BCUT2D eigenvalue weighted by Gasteiger charge is 2.18. The van der Waals surface area contributed by atoms with Crippen LogP contribution in [-0.2, 0) is 9.59 Å². The van der Waals surface area contributed by atoms with E-state index in [0.717, 1.165) is 6.07 Å². The van der Waals surface area contributed by atoms with Crippen molar-refractivity contribution in [2.24, 2.45) is 5.41 Å². The van der Waals surface area contributed by atoms with E-state index in [9.17, 15) is 22.8 Å². The number of nitrogens with one attached hydrogen (secondary N) is 2. The second-order valence-electron chi connectivity index (χ2n) is 5.79. The highest BCUT2D eigenvalue weighted by molar-refractivity contribution is 5.94. The first kappa shape index (κ1) is 17.0. The lowest BCUT2D eigenvalue weighted by molar-refractivity contribution is -0.125. The lowest BCUT2D eigenvalue weighted by atomic mass is 9.92. The number of halogens is 3. The van der Waals surface area contributed by atoms with Crippen molar-refractivity contribution in [1.82, 2.24) is 5.32 Å². The molecular formula is C14H17F3N2O2. The largest absolute Gasteiger partial charge is 0.347 e. The molecule has 2 amide bonds. The van der Waals surface area contributed by atoms with Crippen molar-refractivity contribution in [3.8, 4) is 0 Å². The number of carbonyl (C=O) groups excluding carboxylic acids is 2. The van der Waals surface area contributed by atoms with Crippen molar-refractivity contribution in [3.63, 3.8) is 0 Å². The minimum Gasteiger partial charge on any atom is -0.347 e. The predicted molar refractivity (Wildman–Crippen MR) is 72.0 cm³/mol. The quantitative estimate of drug-likeness (QED) is 0.840. The van der Waals surface area contributed by atoms with Gasteiger partial charge in [-0.25, -0.2) is 13.2 Å². The maximum Gasteiger partial charge on any atom is 0.243 e. The molecule has 0 aliphatic heterocycles. The van der Waals surface area contributed by atoms with Gasteiger partial charge in [0.1, 0.15) is 0 Å². The molecular weight excluding hydrogens is 285 g/mol. The first-order valence-corrected chi connectivity index (χ1v) is 6.30. The average molecular weight is 302 g/mol. The molecule has 0 radical (unpaired) electrons. The van der Waals surface area contributed by atoms with E-state index in [0.29, 0.717) is 6.07 Å². The summed E-state index contributed by atoms with van der Waals surface area (Å²) in [6, 6.07) is 1.61. The molecule has 116 valence electrons. The molecule has 0 aromatic heterocycles. The first-order chi connectivity index (χ1) is 9.60. The molecule has 1 aromatic carbocycles. The van der Waals surface area contributed by atoms with E-state index in [1.807, 2.05) is 20.8 Å². The van der Waals surface area contributed by atoms with E-state index in [4.69, 9.17) is 0 Å². The lowest BCUT2D eigenvalue weighted by Gasteiger charge is -2.17. The summed E-state index contributed by atoms with van der Waals surface area (Å²) in [4.78, 5) is 23.0. The van der Waals surface area contributed by atoms with Gasteiger partial charge in [0, 0.05) is 6.42 Å². The molecule has 4 nitrogen and oxygen atoms in total. The van der Waals surface area contributed by atoms with Crippen LogP contribution in [0, 0.1) is 22.9 Å². The molecule has 0 unspecified atom stereocenters. The van der Waals surface area contributed by atoms with E-state index >= 15 is 0 Å². The van der Waals surface area contributed by atoms with E-state index in [1.54, 1.807) is 0 Å². The third kappa shape index (κ3) is 5.45. The second kappa shape index (κ2) is 6.60. The minimum absolute atomic E-state index is 0.222. The summed E-state index contributed by atoms with van der Waals surface area (Å²) in [6.07, 6.45) is 0.222. The Kier molecular flexibility index (Phi) is 5.34. The Hall–Kier alpha value is -2.05. The summed E-state index contributed by atoms with van der Waals surface area (Å²) in [6.45, 7) is 5.21. The van der Waals surface area contributed by atoms with Gasteiger partial charge in [0.05, 0.1) is 12.2 Å². The Morgan fingerprint density at radius 3 is 2.24 bits per heavy atom. The van der Waals surface area contributed by atoms with Crippen molar-refractivity contribution in [1.29, 1.82) is 0 Å². The number of hydrogen-bond acceptors (Lipinski definition) is 2. The van der Waals surface area contributed by atoms with E-state index in [2.05, 4.69) is 10.6 Å². The van der Waals surface area contributed by atoms with Crippen molar-refractivity contribution < 1.29 is 22.8 Å². The Morgan fingerprint density at radius 2 is 1.67 bits per heavy atom. The zero-order valence-electron chi connectivity index (χ0n) is 12.0. The summed E-state index contributed by atoms with van der Waals surface area (Å²) in [5.41, 5.74) is -0.712. The molecule has 7 heteroatoms. The number of carbonyl (C=O) groups is 2. The van der Waals surface area contributed by atoms with Gasteiger partial charge in [-0.1, -0.05) is 20.8 Å². The molecule has 0 saturated heterocycles. The molecule has 0 atom stereocenters. The fraction of sp³-hybridized carbons (Fsp3) is 0.429. The summed E-state index contributed by atoms with van der Waals surface area (Å²) < 4.78 is 39.0. The van der Waals surface area contributed by atoms with Crippen LogP contribution in [0.4, 0.5) is 18.9 Å². The minimum atomic E-state index is -1.66. The molecule has 2 N–H and O–H groups in total. The molecule has 0 bridgehead atoms. The van der Waals surface area contributed by atoms with Crippen molar-refractivity contribution in [3.05, 3.63) is 29.6 Å². The summed E-state index contributed by atoms with van der Waals surface area (Å²) >= 11 is 0. The van der Waals surface area contributed by atoms with Gasteiger partial charge in [0.25, 0.3) is 0 Å². The molecule has 0 aliphatic rings. The average Bonchev–Trinajstić information content (AvgIpc) is 2.35. The molecule has 0 saturated carbocycles. The van der Waals surface area contributed by atoms with Crippen molar-refractivity contribution in [2.45, 2.75) is 27.2 Å². The van der Waals surface area contributed by atoms with Crippen LogP contribution in [0.25, 0.3) is 0 Å². The third-order valence-corrected chi connectivity index (χ3v) is 2.45. The van der Waals surface area contributed by atoms with Crippen LogP contribution in [0.3, 0.4) is 0 Å². The Bertz CT molecular complexity index is 554. The van der Waals surface area contributed by atoms with Crippen molar-refractivity contribution >= 4 is 17.5 Å². The zero-order valence-corrected chi connectivity index (χ0v) is 12.0. The van der Waals surface area contributed by atoms with Crippen LogP contribution in [0.1, 0.15) is 27.2 Å². The zero-order chi connectivity index (χ0) is 16.2. The van der Waals surface area contributed by atoms with E-state index < -0.39 is 29.0 Å². The summed E-state index contributed by atoms with van der Waals surface area (Å²) in [7, 11) is 0. The van der Waals surface area contributed by atoms with Gasteiger partial charge in [-0.05, 0) is 17.5 Å². The molecule has 0 fully saturated rings. The Morgan fingerprint density at radius 1 is 1.05 bits per heavy atom. The predicted octanol–water partition coefficient (Wildman–Crippen LogP) is 2.59. The van der Waals surface area contributed by atoms with Gasteiger partial charge in [0.2, 0.25) is 11.8 Å². The number of rotatable bonds is 4. The molecule has 1 rings (SSSR count). The first-order valence-electron chi connectivity index (χ1n) is 6.30. The topological polar surface area (TPSA) is 58.2 Å². The SMILES string of the molecule is CC(C)(C)CC(=O)NCC(=O)Nc1ccc(F)c(F)c1F. The molecule has 21 heavy (non-hydrogen) atoms. The van der Waals surface area contributed by atoms with Crippen LogP contribution in [0.15, 0.2) is 12.1 Å². The van der Waals surface area contributed by atoms with Gasteiger partial charge in [0.15, 0.2) is 17.5 Å². The normalized spacial score (nSPS) is 11.1. The lowest BCUT2D eigenvalue weighted by Crippen LogP contribution is -2.34. The molecule has 0 heterocycles. The Labute approximate surface area is 120 Å². The second-order valence-corrected chi connectivity index (χ2v) is 5.79. The Balaban J connectivity index is 2.55. The molecule has 1 aromatic rings. The van der Waals surface area contributed by atoms with Crippen LogP contribution in [-0.4, -0.2) is 18.4 Å². The summed E-state index contributed by atoms with van der Waals surface area (Å²) in [5.74, 6) is -5.55. The van der Waals surface area contributed by atoms with Crippen LogP contribution in [0.5, 0.6) is 0 Å². The fourth-order valence-corrected chi connectivity index (χ4v) is 1.54. The maximum atomic E-state index is 13.3. The monoisotopic (exact) mass is 302 g/mol. The van der Waals surface area contributed by atoms with Crippen LogP contribution in [0.2, 0.25) is 0 Å². The standard InChI is InChI=1S/C14H17F3N2O2/c1-14(2,3)6-10(20)18-7-11(21)19-9-5-4-8(15)12(16)13(9)17/h4-5H,6-7H2,1-3H3,(H,18,20)(H,19,21). The number of hydrogen-bond donors (Lipinski definition) is 2.